The first-order chi connectivity index (χ1) is 7.42. The molecule has 1 aliphatic heterocycles. The number of ether oxygens (including phenoxy) is 1. The average molecular weight is 228 g/mol. The molecule has 5 nitrogen and oxygen atoms in total. The van der Waals surface area contributed by atoms with Gasteiger partial charge in [-0.2, -0.15) is 4.91 Å². The molecule has 0 bridgehead atoms. The van der Waals surface area contributed by atoms with Gasteiger partial charge in [0, 0.05) is 13.1 Å². The Hall–Kier alpha value is -1.13. The van der Waals surface area contributed by atoms with Crippen molar-refractivity contribution in [2.45, 2.75) is 51.7 Å². The minimum Gasteiger partial charge on any atom is -0.444 e. The molecule has 16 heavy (non-hydrogen) atoms. The van der Waals surface area contributed by atoms with Gasteiger partial charge in [-0.25, -0.2) is 4.79 Å². The molecule has 0 spiro atoms. The van der Waals surface area contributed by atoms with E-state index in [-0.39, 0.29) is 12.1 Å². The van der Waals surface area contributed by atoms with Gasteiger partial charge in [-0.1, -0.05) is 5.18 Å². The highest BCUT2D eigenvalue weighted by molar-refractivity contribution is 5.68. The van der Waals surface area contributed by atoms with E-state index in [4.69, 9.17) is 4.74 Å². The van der Waals surface area contributed by atoms with E-state index in [9.17, 15) is 9.70 Å². The number of likely N-dealkylation sites (tertiary alicyclic amines) is 1. The Morgan fingerprint density at radius 1 is 1.31 bits per heavy atom. The number of hydrogen-bond acceptors (Lipinski definition) is 4. The van der Waals surface area contributed by atoms with Gasteiger partial charge in [0.05, 0.1) is 6.04 Å². The highest BCUT2D eigenvalue weighted by Crippen LogP contribution is 2.16. The van der Waals surface area contributed by atoms with Crippen LogP contribution in [0.1, 0.15) is 40.0 Å². The average Bonchev–Trinajstić information content (AvgIpc) is 2.39. The monoisotopic (exact) mass is 228 g/mol. The summed E-state index contributed by atoms with van der Waals surface area (Å²) in [4.78, 5) is 23.9. The number of hydrogen-bond donors (Lipinski definition) is 0. The zero-order valence-electron chi connectivity index (χ0n) is 10.2. The van der Waals surface area contributed by atoms with Crippen LogP contribution >= 0.6 is 0 Å². The van der Waals surface area contributed by atoms with Gasteiger partial charge in [0.1, 0.15) is 5.60 Å². The van der Waals surface area contributed by atoms with Crippen LogP contribution in [0.4, 0.5) is 4.79 Å². The molecule has 92 valence electrons. The van der Waals surface area contributed by atoms with Gasteiger partial charge < -0.3 is 9.64 Å². The fourth-order valence-electron chi connectivity index (χ4n) is 1.69. The van der Waals surface area contributed by atoms with E-state index >= 15 is 0 Å². The molecule has 1 fully saturated rings. The van der Waals surface area contributed by atoms with Crippen LogP contribution in [0.25, 0.3) is 0 Å². The summed E-state index contributed by atoms with van der Waals surface area (Å²) in [5.41, 5.74) is -0.467. The second-order valence-electron chi connectivity index (χ2n) is 5.16. The Morgan fingerprint density at radius 2 is 2.00 bits per heavy atom. The molecule has 1 unspecified atom stereocenters. The van der Waals surface area contributed by atoms with Crippen molar-refractivity contribution >= 4 is 6.09 Å². The van der Waals surface area contributed by atoms with Gasteiger partial charge in [-0.05, 0) is 40.0 Å². The highest BCUT2D eigenvalue weighted by Gasteiger charge is 2.25. The number of rotatable bonds is 1. The number of amides is 1. The Bertz CT molecular complexity index is 260. The highest BCUT2D eigenvalue weighted by atomic mass is 16.6. The molecule has 0 radical (unpaired) electrons. The van der Waals surface area contributed by atoms with Crippen molar-refractivity contribution in [3.05, 3.63) is 4.91 Å². The molecule has 1 rings (SSSR count). The van der Waals surface area contributed by atoms with E-state index in [1.54, 1.807) is 4.90 Å². The summed E-state index contributed by atoms with van der Waals surface area (Å²) in [6, 6.07) is -0.146. The lowest BCUT2D eigenvalue weighted by molar-refractivity contribution is 0.0256. The topological polar surface area (TPSA) is 59.0 Å². The quantitative estimate of drug-likeness (QED) is 0.648. The summed E-state index contributed by atoms with van der Waals surface area (Å²) in [5.74, 6) is 0. The lowest BCUT2D eigenvalue weighted by atomic mass is 10.1. The second-order valence-corrected chi connectivity index (χ2v) is 5.16. The van der Waals surface area contributed by atoms with Crippen molar-refractivity contribution in [1.29, 1.82) is 0 Å². The summed E-state index contributed by atoms with van der Waals surface area (Å²) in [5, 5.41) is 3.05. The molecule has 1 atom stereocenters. The minimum atomic E-state index is -0.467. The zero-order valence-corrected chi connectivity index (χ0v) is 10.2. The van der Waals surface area contributed by atoms with Crippen molar-refractivity contribution in [1.82, 2.24) is 4.90 Å². The van der Waals surface area contributed by atoms with Gasteiger partial charge in [-0.15, -0.1) is 0 Å². The molecule has 1 aliphatic rings. The summed E-state index contributed by atoms with van der Waals surface area (Å²) in [6.45, 7) is 6.75. The lowest BCUT2D eigenvalue weighted by Crippen LogP contribution is -2.37. The maximum absolute atomic E-state index is 11.8. The first kappa shape index (κ1) is 12.9. The smallest absolute Gasteiger partial charge is 0.410 e. The Morgan fingerprint density at radius 3 is 2.56 bits per heavy atom. The number of carbonyl (C=O) groups excluding carboxylic acids is 1. The van der Waals surface area contributed by atoms with E-state index in [0.29, 0.717) is 19.5 Å². The van der Waals surface area contributed by atoms with Crippen molar-refractivity contribution in [3.63, 3.8) is 0 Å². The van der Waals surface area contributed by atoms with Crippen LogP contribution in [0.2, 0.25) is 0 Å². The van der Waals surface area contributed by atoms with E-state index in [1.807, 2.05) is 20.8 Å². The summed E-state index contributed by atoms with van der Waals surface area (Å²) >= 11 is 0. The summed E-state index contributed by atoms with van der Waals surface area (Å²) in [6.07, 6.45) is 1.93. The number of nitroso groups, excluding NO2 is 1. The Labute approximate surface area is 96.1 Å². The van der Waals surface area contributed by atoms with E-state index in [1.165, 1.54) is 0 Å². The normalized spacial score (nSPS) is 22.4. The van der Waals surface area contributed by atoms with E-state index in [2.05, 4.69) is 5.18 Å². The first-order valence-electron chi connectivity index (χ1n) is 5.73. The fourth-order valence-corrected chi connectivity index (χ4v) is 1.69. The molecule has 1 saturated heterocycles. The molecule has 5 heteroatoms. The van der Waals surface area contributed by atoms with Gasteiger partial charge >= 0.3 is 6.09 Å². The van der Waals surface area contributed by atoms with Crippen LogP contribution < -0.4 is 0 Å². The second kappa shape index (κ2) is 5.27. The maximum atomic E-state index is 11.8. The molecule has 0 aliphatic carbocycles. The standard InChI is InChI=1S/C11H20N2O3/c1-11(2,3)16-10(14)13-7-4-5-9(12-15)6-8-13/h9H,4-8H2,1-3H3. The third kappa shape index (κ3) is 4.16. The largest absolute Gasteiger partial charge is 0.444 e. The molecule has 0 N–H and O–H groups in total. The van der Waals surface area contributed by atoms with Crippen LogP contribution in [-0.2, 0) is 4.74 Å². The molecule has 1 heterocycles. The van der Waals surface area contributed by atoms with Crippen LogP contribution in [0, 0.1) is 4.91 Å². The molecule has 1 amide bonds. The molecule has 0 aromatic carbocycles. The van der Waals surface area contributed by atoms with Crippen LogP contribution in [0.5, 0.6) is 0 Å². The van der Waals surface area contributed by atoms with Crippen LogP contribution in [-0.4, -0.2) is 35.7 Å². The van der Waals surface area contributed by atoms with Crippen molar-refractivity contribution < 1.29 is 9.53 Å². The SMILES string of the molecule is CC(C)(C)OC(=O)N1CCCC(N=O)CC1. The van der Waals surface area contributed by atoms with E-state index < -0.39 is 5.60 Å². The number of nitrogens with zero attached hydrogens (tertiary/aromatic N) is 2. The van der Waals surface area contributed by atoms with Crippen molar-refractivity contribution in [2.75, 3.05) is 13.1 Å². The van der Waals surface area contributed by atoms with Gasteiger partial charge in [0.15, 0.2) is 0 Å². The molecule has 0 aromatic rings. The fraction of sp³-hybridized carbons (Fsp3) is 0.909. The molecular weight excluding hydrogens is 208 g/mol. The van der Waals surface area contributed by atoms with Crippen molar-refractivity contribution in [2.24, 2.45) is 5.18 Å². The Kier molecular flexibility index (Phi) is 4.26. The van der Waals surface area contributed by atoms with Crippen LogP contribution in [0.3, 0.4) is 0 Å². The molecular formula is C11H20N2O3. The molecule has 0 aromatic heterocycles. The third-order valence-electron chi connectivity index (χ3n) is 2.50. The maximum Gasteiger partial charge on any atom is 0.410 e. The van der Waals surface area contributed by atoms with Gasteiger partial charge in [-0.3, -0.25) is 0 Å². The zero-order chi connectivity index (χ0) is 12.2. The van der Waals surface area contributed by atoms with Gasteiger partial charge in [0.2, 0.25) is 0 Å². The summed E-state index contributed by atoms with van der Waals surface area (Å²) in [7, 11) is 0. The van der Waals surface area contributed by atoms with E-state index in [0.717, 1.165) is 12.8 Å². The lowest BCUT2D eigenvalue weighted by Gasteiger charge is -2.26. The van der Waals surface area contributed by atoms with Gasteiger partial charge in [0.25, 0.3) is 0 Å². The van der Waals surface area contributed by atoms with Crippen molar-refractivity contribution in [3.8, 4) is 0 Å². The third-order valence-corrected chi connectivity index (χ3v) is 2.50. The number of carbonyl (C=O) groups is 1. The first-order valence-corrected chi connectivity index (χ1v) is 5.73. The minimum absolute atomic E-state index is 0.146. The predicted molar refractivity (Wildman–Crippen MR) is 61.2 cm³/mol. The molecule has 0 saturated carbocycles. The van der Waals surface area contributed by atoms with Crippen LogP contribution in [0.15, 0.2) is 5.18 Å². The predicted octanol–water partition coefficient (Wildman–Crippen LogP) is 2.54. The Balaban J connectivity index is 2.48. The summed E-state index contributed by atoms with van der Waals surface area (Å²) < 4.78 is 5.28.